The third-order valence-electron chi connectivity index (χ3n) is 6.36. The molecule has 2 atom stereocenters. The fourth-order valence-electron chi connectivity index (χ4n) is 4.81. The molecule has 0 N–H and O–H groups in total. The predicted octanol–water partition coefficient (Wildman–Crippen LogP) is 1.66. The van der Waals surface area contributed by atoms with Crippen LogP contribution in [0, 0.1) is 11.3 Å². The topological polar surface area (TPSA) is 50.6 Å². The minimum atomic E-state index is -0.332. The molecule has 138 valence electrons. The molecule has 6 nitrogen and oxygen atoms in total. The number of aryl methyl sites for hydroxylation is 1. The van der Waals surface area contributed by atoms with E-state index in [1.165, 1.54) is 5.56 Å². The van der Waals surface area contributed by atoms with E-state index in [-0.39, 0.29) is 11.5 Å². The second-order valence-corrected chi connectivity index (χ2v) is 8.26. The van der Waals surface area contributed by atoms with Crippen LogP contribution >= 0.6 is 0 Å². The summed E-state index contributed by atoms with van der Waals surface area (Å²) in [6.45, 7) is 7.52. The van der Waals surface area contributed by atoms with E-state index in [0.717, 1.165) is 70.9 Å². The van der Waals surface area contributed by atoms with Crippen molar-refractivity contribution in [3.05, 3.63) is 18.0 Å². The maximum atomic E-state index is 13.5. The van der Waals surface area contributed by atoms with Gasteiger partial charge in [-0.1, -0.05) is 6.92 Å². The minimum Gasteiger partial charge on any atom is -0.377 e. The van der Waals surface area contributed by atoms with Gasteiger partial charge in [-0.05, 0) is 31.6 Å². The van der Waals surface area contributed by atoms with Gasteiger partial charge < -0.3 is 9.64 Å². The average Bonchev–Trinajstić information content (AvgIpc) is 3.21. The molecule has 3 aliphatic rings. The first-order valence-electron chi connectivity index (χ1n) is 9.68. The van der Waals surface area contributed by atoms with E-state index in [4.69, 9.17) is 4.74 Å². The summed E-state index contributed by atoms with van der Waals surface area (Å²) in [5.74, 6) is 1.09. The lowest BCUT2D eigenvalue weighted by molar-refractivity contribution is -0.152. The Hall–Kier alpha value is -1.40. The van der Waals surface area contributed by atoms with Crippen molar-refractivity contribution in [2.24, 2.45) is 18.4 Å². The van der Waals surface area contributed by atoms with E-state index < -0.39 is 0 Å². The standard InChI is InChI=1S/C19H30N4O2/c1-15-3-8-23(9-4-15)18(24)19-6-10-25-17(19)5-7-22(14-19)13-16-11-20-21(2)12-16/h11-12,15,17H,3-10,13-14H2,1-2H3/t17-,19-/m1/s1. The Balaban J connectivity index is 1.49. The maximum Gasteiger partial charge on any atom is 0.232 e. The van der Waals surface area contributed by atoms with Gasteiger partial charge in [-0.15, -0.1) is 0 Å². The molecule has 0 saturated carbocycles. The Labute approximate surface area is 150 Å². The predicted molar refractivity (Wildman–Crippen MR) is 94.9 cm³/mol. The van der Waals surface area contributed by atoms with Gasteiger partial charge in [-0.2, -0.15) is 5.10 Å². The van der Waals surface area contributed by atoms with E-state index in [9.17, 15) is 4.79 Å². The van der Waals surface area contributed by atoms with Gasteiger partial charge in [0.05, 0.1) is 17.7 Å². The van der Waals surface area contributed by atoms with Crippen LogP contribution in [-0.4, -0.2) is 64.4 Å². The number of carbonyl (C=O) groups excluding carboxylic acids is 1. The molecule has 4 heterocycles. The van der Waals surface area contributed by atoms with Gasteiger partial charge >= 0.3 is 0 Å². The first kappa shape index (κ1) is 17.0. The van der Waals surface area contributed by atoms with Crippen molar-refractivity contribution < 1.29 is 9.53 Å². The van der Waals surface area contributed by atoms with E-state index in [2.05, 4.69) is 28.0 Å². The highest BCUT2D eigenvalue weighted by atomic mass is 16.5. The summed E-state index contributed by atoms with van der Waals surface area (Å²) in [4.78, 5) is 18.0. The first-order valence-corrected chi connectivity index (χ1v) is 9.68. The lowest BCUT2D eigenvalue weighted by Gasteiger charge is -2.45. The second-order valence-electron chi connectivity index (χ2n) is 8.26. The van der Waals surface area contributed by atoms with E-state index in [0.29, 0.717) is 5.91 Å². The van der Waals surface area contributed by atoms with Crippen LogP contribution in [-0.2, 0) is 23.1 Å². The van der Waals surface area contributed by atoms with Crippen molar-refractivity contribution in [2.45, 2.75) is 45.3 Å². The van der Waals surface area contributed by atoms with Crippen LogP contribution in [0.3, 0.4) is 0 Å². The minimum absolute atomic E-state index is 0.101. The number of ether oxygens (including phenoxy) is 1. The van der Waals surface area contributed by atoms with Crippen LogP contribution in [0.4, 0.5) is 0 Å². The molecule has 1 aromatic rings. The number of hydrogen-bond acceptors (Lipinski definition) is 4. The molecule has 25 heavy (non-hydrogen) atoms. The average molecular weight is 346 g/mol. The van der Waals surface area contributed by atoms with Crippen molar-refractivity contribution in [1.29, 1.82) is 0 Å². The summed E-state index contributed by atoms with van der Waals surface area (Å²) in [5.41, 5.74) is 0.885. The number of piperidine rings is 2. The summed E-state index contributed by atoms with van der Waals surface area (Å²) in [5, 5.41) is 4.27. The van der Waals surface area contributed by atoms with Gasteiger partial charge in [0.15, 0.2) is 0 Å². The number of aromatic nitrogens is 2. The molecule has 0 aromatic carbocycles. The molecule has 3 fully saturated rings. The Kier molecular flexibility index (Phi) is 4.58. The Morgan fingerprint density at radius 1 is 1.32 bits per heavy atom. The smallest absolute Gasteiger partial charge is 0.232 e. The van der Waals surface area contributed by atoms with Crippen LogP contribution in [0.1, 0.15) is 38.2 Å². The number of likely N-dealkylation sites (tertiary alicyclic amines) is 2. The van der Waals surface area contributed by atoms with Gasteiger partial charge in [0, 0.05) is 58.1 Å². The summed E-state index contributed by atoms with van der Waals surface area (Å²) in [7, 11) is 1.95. The summed E-state index contributed by atoms with van der Waals surface area (Å²) in [6, 6.07) is 0. The van der Waals surface area contributed by atoms with Gasteiger partial charge in [-0.25, -0.2) is 0 Å². The maximum absolute atomic E-state index is 13.5. The molecule has 0 radical (unpaired) electrons. The van der Waals surface area contributed by atoms with E-state index >= 15 is 0 Å². The zero-order valence-corrected chi connectivity index (χ0v) is 15.5. The molecule has 1 aromatic heterocycles. The Morgan fingerprint density at radius 3 is 2.84 bits per heavy atom. The molecule has 3 aliphatic heterocycles. The number of hydrogen-bond donors (Lipinski definition) is 0. The monoisotopic (exact) mass is 346 g/mol. The molecule has 4 rings (SSSR count). The van der Waals surface area contributed by atoms with Crippen molar-refractivity contribution in [3.63, 3.8) is 0 Å². The molecule has 0 aliphatic carbocycles. The van der Waals surface area contributed by atoms with Gasteiger partial charge in [0.1, 0.15) is 0 Å². The van der Waals surface area contributed by atoms with Gasteiger partial charge in [-0.3, -0.25) is 14.4 Å². The highest BCUT2D eigenvalue weighted by molar-refractivity contribution is 5.84. The fourth-order valence-corrected chi connectivity index (χ4v) is 4.81. The molecular weight excluding hydrogens is 316 g/mol. The molecule has 0 unspecified atom stereocenters. The molecular formula is C19H30N4O2. The summed E-state index contributed by atoms with van der Waals surface area (Å²) in [6.07, 6.45) is 8.18. The van der Waals surface area contributed by atoms with Crippen LogP contribution in [0.15, 0.2) is 12.4 Å². The lowest BCUT2D eigenvalue weighted by atomic mass is 9.74. The SMILES string of the molecule is CC1CCN(C(=O)[C@@]23CCO[C@@H]2CCN(Cc2cnn(C)c2)C3)CC1. The van der Waals surface area contributed by atoms with Gasteiger partial charge in [0.25, 0.3) is 0 Å². The van der Waals surface area contributed by atoms with Crippen LogP contribution in [0.5, 0.6) is 0 Å². The van der Waals surface area contributed by atoms with Crippen molar-refractivity contribution in [1.82, 2.24) is 19.6 Å². The molecule has 1 amide bonds. The normalized spacial score (nSPS) is 31.3. The van der Waals surface area contributed by atoms with Crippen molar-refractivity contribution in [3.8, 4) is 0 Å². The highest BCUT2D eigenvalue weighted by Gasteiger charge is 2.54. The molecule has 3 saturated heterocycles. The zero-order chi connectivity index (χ0) is 17.4. The summed E-state index contributed by atoms with van der Waals surface area (Å²) < 4.78 is 7.85. The molecule has 0 spiro atoms. The van der Waals surface area contributed by atoms with Gasteiger partial charge in [0.2, 0.25) is 5.91 Å². The van der Waals surface area contributed by atoms with Crippen LogP contribution in [0.25, 0.3) is 0 Å². The van der Waals surface area contributed by atoms with Crippen molar-refractivity contribution in [2.75, 3.05) is 32.8 Å². The highest BCUT2D eigenvalue weighted by Crippen LogP contribution is 2.43. The number of carbonyl (C=O) groups is 1. The zero-order valence-electron chi connectivity index (χ0n) is 15.5. The fraction of sp³-hybridized carbons (Fsp3) is 0.789. The van der Waals surface area contributed by atoms with E-state index in [1.807, 2.05) is 17.9 Å². The van der Waals surface area contributed by atoms with E-state index in [1.54, 1.807) is 0 Å². The quantitative estimate of drug-likeness (QED) is 0.835. The van der Waals surface area contributed by atoms with Crippen molar-refractivity contribution >= 4 is 5.91 Å². The lowest BCUT2D eigenvalue weighted by Crippen LogP contribution is -2.58. The second kappa shape index (κ2) is 6.72. The van der Waals surface area contributed by atoms with Crippen LogP contribution < -0.4 is 0 Å². The number of nitrogens with zero attached hydrogens (tertiary/aromatic N) is 4. The molecule has 6 heteroatoms. The number of rotatable bonds is 3. The third kappa shape index (κ3) is 3.22. The third-order valence-corrected chi connectivity index (χ3v) is 6.36. The Bertz CT molecular complexity index is 623. The largest absolute Gasteiger partial charge is 0.377 e. The summed E-state index contributed by atoms with van der Waals surface area (Å²) >= 11 is 0. The first-order chi connectivity index (χ1) is 12.1. The number of amides is 1. The van der Waals surface area contributed by atoms with Crippen LogP contribution in [0.2, 0.25) is 0 Å². The number of fused-ring (bicyclic) bond motifs is 1. The molecule has 0 bridgehead atoms. The Morgan fingerprint density at radius 2 is 2.12 bits per heavy atom.